The van der Waals surface area contributed by atoms with E-state index in [2.05, 4.69) is 19.2 Å². The Bertz CT molecular complexity index is 597. The molecule has 0 bridgehead atoms. The fourth-order valence-corrected chi connectivity index (χ4v) is 3.31. The summed E-state index contributed by atoms with van der Waals surface area (Å²) in [6, 6.07) is 6.10. The summed E-state index contributed by atoms with van der Waals surface area (Å²) >= 11 is 0. The Labute approximate surface area is 145 Å². The predicted octanol–water partition coefficient (Wildman–Crippen LogP) is 3.33. The standard InChI is InChI=1S/C20H29NO3/c1-13-8-9-17(10-15(13)3)11-20(23)24-12-19(22)21-18-7-5-6-14(2)16(18)4/h8-10,14,16,18H,5-7,11-12H2,1-4H3,(H,21,22)/t14-,16+,18-/m1/s1. The molecule has 1 fully saturated rings. The number of ether oxygens (including phenoxy) is 1. The maximum Gasteiger partial charge on any atom is 0.310 e. The SMILES string of the molecule is Cc1ccc(CC(=O)OCC(=O)N[C@@H]2CCC[C@@H](C)[C@@H]2C)cc1C. The molecule has 24 heavy (non-hydrogen) atoms. The fraction of sp³-hybridized carbons (Fsp3) is 0.600. The molecule has 0 saturated heterocycles. The molecular formula is C20H29NO3. The highest BCUT2D eigenvalue weighted by Gasteiger charge is 2.28. The van der Waals surface area contributed by atoms with Crippen molar-refractivity contribution in [3.63, 3.8) is 0 Å². The highest BCUT2D eigenvalue weighted by Crippen LogP contribution is 2.29. The zero-order chi connectivity index (χ0) is 17.7. The van der Waals surface area contributed by atoms with Gasteiger partial charge in [-0.1, -0.05) is 44.9 Å². The summed E-state index contributed by atoms with van der Waals surface area (Å²) in [6.45, 7) is 8.27. The second kappa shape index (κ2) is 8.32. The van der Waals surface area contributed by atoms with Crippen LogP contribution in [0.15, 0.2) is 18.2 Å². The lowest BCUT2D eigenvalue weighted by molar-refractivity contribution is -0.148. The number of hydrogen-bond donors (Lipinski definition) is 1. The van der Waals surface area contributed by atoms with Gasteiger partial charge in [-0.25, -0.2) is 0 Å². The minimum atomic E-state index is -0.363. The van der Waals surface area contributed by atoms with Gasteiger partial charge >= 0.3 is 5.97 Å². The van der Waals surface area contributed by atoms with Crippen LogP contribution in [0.4, 0.5) is 0 Å². The molecule has 4 heteroatoms. The fourth-order valence-electron chi connectivity index (χ4n) is 3.31. The minimum Gasteiger partial charge on any atom is -0.455 e. The van der Waals surface area contributed by atoms with Gasteiger partial charge in [0, 0.05) is 6.04 Å². The van der Waals surface area contributed by atoms with Crippen LogP contribution in [0, 0.1) is 25.7 Å². The lowest BCUT2D eigenvalue weighted by Gasteiger charge is -2.34. The smallest absolute Gasteiger partial charge is 0.310 e. The third-order valence-corrected chi connectivity index (χ3v) is 5.34. The molecule has 1 amide bonds. The van der Waals surface area contributed by atoms with Crippen molar-refractivity contribution in [2.24, 2.45) is 11.8 Å². The van der Waals surface area contributed by atoms with Gasteiger partial charge in [0.15, 0.2) is 6.61 Å². The van der Waals surface area contributed by atoms with Crippen LogP contribution in [0.25, 0.3) is 0 Å². The molecule has 0 unspecified atom stereocenters. The van der Waals surface area contributed by atoms with Gasteiger partial charge in [-0.3, -0.25) is 9.59 Å². The van der Waals surface area contributed by atoms with Gasteiger partial charge in [-0.05, 0) is 48.8 Å². The first-order chi connectivity index (χ1) is 11.4. The highest BCUT2D eigenvalue weighted by atomic mass is 16.5. The highest BCUT2D eigenvalue weighted by molar-refractivity contribution is 5.81. The lowest BCUT2D eigenvalue weighted by Crippen LogP contribution is -2.45. The van der Waals surface area contributed by atoms with E-state index in [0.29, 0.717) is 11.8 Å². The number of aryl methyl sites for hydroxylation is 2. The molecule has 0 aromatic heterocycles. The number of nitrogens with one attached hydrogen (secondary N) is 1. The van der Waals surface area contributed by atoms with Gasteiger partial charge in [0.1, 0.15) is 0 Å². The van der Waals surface area contributed by atoms with Crippen molar-refractivity contribution >= 4 is 11.9 Å². The zero-order valence-corrected chi connectivity index (χ0v) is 15.2. The number of rotatable bonds is 5. The number of esters is 1. The summed E-state index contributed by atoms with van der Waals surface area (Å²) in [4.78, 5) is 24.0. The molecule has 2 rings (SSSR count). The van der Waals surface area contributed by atoms with Crippen LogP contribution in [0.3, 0.4) is 0 Å². The van der Waals surface area contributed by atoms with Crippen LogP contribution in [-0.4, -0.2) is 24.5 Å². The van der Waals surface area contributed by atoms with E-state index < -0.39 is 0 Å². The molecule has 1 aliphatic carbocycles. The van der Waals surface area contributed by atoms with Gasteiger partial charge in [0.2, 0.25) is 0 Å². The number of carbonyl (C=O) groups excluding carboxylic acids is 2. The van der Waals surface area contributed by atoms with Gasteiger partial charge < -0.3 is 10.1 Å². The molecule has 1 aromatic rings. The molecular weight excluding hydrogens is 302 g/mol. The van der Waals surface area contributed by atoms with Crippen LogP contribution in [0.2, 0.25) is 0 Å². The topological polar surface area (TPSA) is 55.4 Å². The second-order valence-electron chi connectivity index (χ2n) is 7.20. The number of carbonyl (C=O) groups is 2. The Kier molecular flexibility index (Phi) is 6.41. The van der Waals surface area contributed by atoms with Crippen LogP contribution < -0.4 is 5.32 Å². The van der Waals surface area contributed by atoms with Crippen molar-refractivity contribution in [2.75, 3.05) is 6.61 Å². The monoisotopic (exact) mass is 331 g/mol. The molecule has 3 atom stereocenters. The molecule has 1 aliphatic rings. The summed E-state index contributed by atoms with van der Waals surface area (Å²) in [7, 11) is 0. The van der Waals surface area contributed by atoms with Gasteiger partial charge in [0.25, 0.3) is 5.91 Å². The maximum absolute atomic E-state index is 12.0. The van der Waals surface area contributed by atoms with Crippen molar-refractivity contribution in [3.8, 4) is 0 Å². The van der Waals surface area contributed by atoms with Crippen molar-refractivity contribution in [1.29, 1.82) is 0 Å². The Hall–Kier alpha value is -1.84. The third kappa shape index (κ3) is 5.08. The van der Waals surface area contributed by atoms with E-state index in [-0.39, 0.29) is 30.9 Å². The Morgan fingerprint density at radius 2 is 1.92 bits per heavy atom. The van der Waals surface area contributed by atoms with E-state index in [1.807, 2.05) is 32.0 Å². The largest absolute Gasteiger partial charge is 0.455 e. The minimum absolute atomic E-state index is 0.193. The van der Waals surface area contributed by atoms with E-state index in [0.717, 1.165) is 24.0 Å². The van der Waals surface area contributed by atoms with Gasteiger partial charge in [-0.15, -0.1) is 0 Å². The first-order valence-electron chi connectivity index (χ1n) is 8.88. The van der Waals surface area contributed by atoms with E-state index >= 15 is 0 Å². The molecule has 0 aliphatic heterocycles. The number of amides is 1. The normalized spacial score (nSPS) is 23.6. The summed E-state index contributed by atoms with van der Waals surface area (Å²) < 4.78 is 5.13. The molecule has 1 N–H and O–H groups in total. The van der Waals surface area contributed by atoms with Crippen molar-refractivity contribution in [3.05, 3.63) is 34.9 Å². The van der Waals surface area contributed by atoms with E-state index in [4.69, 9.17) is 4.74 Å². The molecule has 1 aromatic carbocycles. The van der Waals surface area contributed by atoms with Crippen LogP contribution >= 0.6 is 0 Å². The summed E-state index contributed by atoms with van der Waals surface area (Å²) in [5, 5.41) is 3.02. The average molecular weight is 331 g/mol. The first-order valence-corrected chi connectivity index (χ1v) is 8.88. The first kappa shape index (κ1) is 18.5. The molecule has 0 radical (unpaired) electrons. The van der Waals surface area contributed by atoms with E-state index in [9.17, 15) is 9.59 Å². The molecule has 1 saturated carbocycles. The molecule has 0 spiro atoms. The lowest BCUT2D eigenvalue weighted by atomic mass is 9.78. The Morgan fingerprint density at radius 1 is 1.17 bits per heavy atom. The van der Waals surface area contributed by atoms with Crippen LogP contribution in [0.5, 0.6) is 0 Å². The summed E-state index contributed by atoms with van der Waals surface area (Å²) in [6.07, 6.45) is 3.57. The quantitative estimate of drug-likeness (QED) is 0.842. The van der Waals surface area contributed by atoms with Crippen LogP contribution in [-0.2, 0) is 20.7 Å². The summed E-state index contributed by atoms with van der Waals surface area (Å²) in [5.41, 5.74) is 3.26. The van der Waals surface area contributed by atoms with E-state index in [1.165, 1.54) is 12.0 Å². The van der Waals surface area contributed by atoms with E-state index in [1.54, 1.807) is 0 Å². The third-order valence-electron chi connectivity index (χ3n) is 5.34. The molecule has 132 valence electrons. The molecule has 4 nitrogen and oxygen atoms in total. The summed E-state index contributed by atoms with van der Waals surface area (Å²) in [5.74, 6) is 0.526. The molecule has 0 heterocycles. The Morgan fingerprint density at radius 3 is 2.62 bits per heavy atom. The second-order valence-corrected chi connectivity index (χ2v) is 7.20. The van der Waals surface area contributed by atoms with Gasteiger partial charge in [0.05, 0.1) is 6.42 Å². The van der Waals surface area contributed by atoms with Crippen molar-refractivity contribution < 1.29 is 14.3 Å². The number of hydrogen-bond acceptors (Lipinski definition) is 3. The van der Waals surface area contributed by atoms with Gasteiger partial charge in [-0.2, -0.15) is 0 Å². The predicted molar refractivity (Wildman–Crippen MR) is 94.7 cm³/mol. The zero-order valence-electron chi connectivity index (χ0n) is 15.2. The Balaban J connectivity index is 1.76. The van der Waals surface area contributed by atoms with Crippen molar-refractivity contribution in [1.82, 2.24) is 5.32 Å². The average Bonchev–Trinajstić information content (AvgIpc) is 2.53. The van der Waals surface area contributed by atoms with Crippen LogP contribution in [0.1, 0.15) is 49.8 Å². The maximum atomic E-state index is 12.0. The van der Waals surface area contributed by atoms with Crippen molar-refractivity contribution in [2.45, 2.75) is 59.4 Å². The number of benzene rings is 1.